The number of nitrogens with zero attached hydrogens (tertiary/aromatic N) is 1. The number of nitro benzene ring substituents is 1. The van der Waals surface area contributed by atoms with Crippen molar-refractivity contribution < 1.29 is 58.3 Å². The summed E-state index contributed by atoms with van der Waals surface area (Å²) in [5.41, 5.74) is -11.3. The molecule has 1 atom stereocenters. The average Bonchev–Trinajstić information content (AvgIpc) is 2.59. The molecule has 15 heteroatoms. The lowest BCUT2D eigenvalue weighted by atomic mass is 9.67. The van der Waals surface area contributed by atoms with Gasteiger partial charge in [-0.05, 0) is 24.6 Å². The molecule has 4 nitrogen and oxygen atoms in total. The number of rotatable bonds is 4. The van der Waals surface area contributed by atoms with E-state index in [0.717, 1.165) is 0 Å². The van der Waals surface area contributed by atoms with E-state index in [0.29, 0.717) is 24.3 Å². The van der Waals surface area contributed by atoms with Gasteiger partial charge in [-0.25, -0.2) is 4.39 Å². The van der Waals surface area contributed by atoms with Crippen molar-refractivity contribution in [1.29, 1.82) is 0 Å². The summed E-state index contributed by atoms with van der Waals surface area (Å²) in [6.07, 6.45) is -2.89. The largest absolute Gasteiger partial charge is 0.385 e. The molecule has 0 aromatic heterocycles. The quantitative estimate of drug-likeness (QED) is 0.386. The Hall–Kier alpha value is -2.19. The summed E-state index contributed by atoms with van der Waals surface area (Å²) in [5, 5.41) is 20.7. The molecule has 30 heavy (non-hydrogen) atoms. The van der Waals surface area contributed by atoms with E-state index >= 15 is 0 Å². The Morgan fingerprint density at radius 2 is 1.13 bits per heavy atom. The van der Waals surface area contributed by atoms with Gasteiger partial charge in [0.05, 0.1) is 10.5 Å². The monoisotopic (exact) mass is 461 g/mol. The van der Waals surface area contributed by atoms with Crippen molar-refractivity contribution in [2.45, 2.75) is 54.2 Å². The van der Waals surface area contributed by atoms with Crippen molar-refractivity contribution >= 4 is 5.69 Å². The summed E-state index contributed by atoms with van der Waals surface area (Å²) >= 11 is 0. The molecule has 1 aliphatic carbocycles. The number of benzene rings is 1. The second kappa shape index (κ2) is 6.17. The summed E-state index contributed by atoms with van der Waals surface area (Å²) in [5.74, 6) is -36.0. The minimum Gasteiger partial charge on any atom is -0.385 e. The number of aliphatic hydroxyl groups is 1. The number of nitro groups is 1. The van der Waals surface area contributed by atoms with Crippen molar-refractivity contribution in [3.63, 3.8) is 0 Å². The molecule has 0 bridgehead atoms. The molecule has 1 N–H and O–H groups in total. The van der Waals surface area contributed by atoms with Crippen LogP contribution in [0.25, 0.3) is 0 Å². The molecule has 170 valence electrons. The zero-order valence-corrected chi connectivity index (χ0v) is 14.4. The van der Waals surface area contributed by atoms with E-state index in [9.17, 15) is 63.5 Å². The van der Waals surface area contributed by atoms with Crippen LogP contribution in [-0.2, 0) is 5.60 Å². The maximum atomic E-state index is 14.8. The van der Waals surface area contributed by atoms with Crippen LogP contribution in [0.1, 0.15) is 18.9 Å². The number of hydrogen-bond donors (Lipinski definition) is 1. The fraction of sp³-hybridized carbons (Fsp3) is 0.600. The second-order valence-electron chi connectivity index (χ2n) is 6.93. The summed E-state index contributed by atoms with van der Waals surface area (Å²) in [6, 6.07) is 2.18. The Morgan fingerprint density at radius 1 is 0.800 bits per heavy atom. The zero-order chi connectivity index (χ0) is 23.8. The molecule has 1 aliphatic rings. The van der Waals surface area contributed by atoms with Gasteiger partial charge in [-0.15, -0.1) is 0 Å². The zero-order valence-electron chi connectivity index (χ0n) is 14.4. The third-order valence-corrected chi connectivity index (χ3v) is 4.86. The molecule has 1 aromatic carbocycles. The highest BCUT2D eigenvalue weighted by Gasteiger charge is 3.01. The van der Waals surface area contributed by atoms with Crippen LogP contribution in [0.4, 0.5) is 54.0 Å². The van der Waals surface area contributed by atoms with Gasteiger partial charge in [0.25, 0.3) is 11.4 Å². The fourth-order valence-electron chi connectivity index (χ4n) is 3.03. The minimum absolute atomic E-state index is 0.269. The third kappa shape index (κ3) is 2.62. The summed E-state index contributed by atoms with van der Waals surface area (Å²) in [7, 11) is 0. The van der Waals surface area contributed by atoms with Crippen LogP contribution in [-0.4, -0.2) is 45.3 Å². The van der Waals surface area contributed by atoms with Crippen molar-refractivity contribution in [3.8, 4) is 0 Å². The van der Waals surface area contributed by atoms with Crippen LogP contribution in [0, 0.1) is 10.1 Å². The molecule has 1 saturated carbocycles. The van der Waals surface area contributed by atoms with E-state index in [1.165, 1.54) is 0 Å². The predicted octanol–water partition coefficient (Wildman–Crippen LogP) is 5.09. The molecule has 0 spiro atoms. The van der Waals surface area contributed by atoms with E-state index in [2.05, 4.69) is 0 Å². The molecular weight excluding hydrogens is 451 g/mol. The maximum Gasteiger partial charge on any atom is 0.384 e. The summed E-state index contributed by atoms with van der Waals surface area (Å²) in [6.45, 7) is 0.269. The van der Waals surface area contributed by atoms with E-state index in [1.54, 1.807) is 0 Å². The third-order valence-electron chi connectivity index (χ3n) is 4.86. The van der Waals surface area contributed by atoms with Gasteiger partial charge in [0.1, 0.15) is 0 Å². The summed E-state index contributed by atoms with van der Waals surface area (Å²) < 4.78 is 151. The molecule has 1 fully saturated rings. The van der Waals surface area contributed by atoms with Gasteiger partial charge in [0.15, 0.2) is 0 Å². The minimum atomic E-state index is -7.35. The van der Waals surface area contributed by atoms with E-state index < -0.39 is 63.5 Å². The van der Waals surface area contributed by atoms with Gasteiger partial charge < -0.3 is 5.11 Å². The standard InChI is InChI=1S/C15H10F11NO3/c1-9(28,7-2-4-8(5-3-7)27(29)30)6-10(16)11(17,18)13(21,22)15(25,26)14(23,24)12(10,19)20/h2-5,28H,6H2,1H3. The van der Waals surface area contributed by atoms with Crippen LogP contribution < -0.4 is 0 Å². The molecule has 0 aliphatic heterocycles. The van der Waals surface area contributed by atoms with Crippen LogP contribution in [0.3, 0.4) is 0 Å². The normalized spacial score (nSPS) is 27.1. The Balaban J connectivity index is 2.66. The molecule has 0 radical (unpaired) electrons. The van der Waals surface area contributed by atoms with Gasteiger partial charge in [-0.1, -0.05) is 0 Å². The molecule has 0 amide bonds. The van der Waals surface area contributed by atoms with E-state index in [-0.39, 0.29) is 6.92 Å². The first-order valence-electron chi connectivity index (χ1n) is 7.67. The van der Waals surface area contributed by atoms with Gasteiger partial charge in [-0.2, -0.15) is 43.9 Å². The van der Waals surface area contributed by atoms with Crippen LogP contribution >= 0.6 is 0 Å². The number of alkyl halides is 11. The first-order chi connectivity index (χ1) is 13.1. The van der Waals surface area contributed by atoms with Crippen molar-refractivity contribution in [2.75, 3.05) is 0 Å². The summed E-state index contributed by atoms with van der Waals surface area (Å²) in [4.78, 5) is 9.55. The SMILES string of the molecule is CC(O)(CC1(F)C(F)(F)C(F)(F)C(F)(F)C(F)(F)C1(F)F)c1ccc([N+](=O)[O-])cc1. The molecular formula is C15H10F11NO3. The van der Waals surface area contributed by atoms with Crippen LogP contribution in [0.5, 0.6) is 0 Å². The highest BCUT2D eigenvalue weighted by Crippen LogP contribution is 2.71. The Bertz CT molecular complexity index is 822. The van der Waals surface area contributed by atoms with Crippen LogP contribution in [0.15, 0.2) is 24.3 Å². The highest BCUT2D eigenvalue weighted by atomic mass is 19.4. The predicted molar refractivity (Wildman–Crippen MR) is 75.9 cm³/mol. The van der Waals surface area contributed by atoms with Crippen molar-refractivity contribution in [2.24, 2.45) is 0 Å². The molecule has 1 aromatic rings. The average molecular weight is 461 g/mol. The van der Waals surface area contributed by atoms with E-state index in [1.807, 2.05) is 0 Å². The van der Waals surface area contributed by atoms with Crippen molar-refractivity contribution in [1.82, 2.24) is 0 Å². The Morgan fingerprint density at radius 3 is 1.47 bits per heavy atom. The first kappa shape index (κ1) is 24.1. The van der Waals surface area contributed by atoms with Gasteiger partial charge in [0.2, 0.25) is 0 Å². The number of halogens is 11. The number of non-ortho nitro benzene ring substituents is 1. The van der Waals surface area contributed by atoms with Crippen molar-refractivity contribution in [3.05, 3.63) is 39.9 Å². The molecule has 0 saturated heterocycles. The molecule has 1 unspecified atom stereocenters. The van der Waals surface area contributed by atoms with E-state index in [4.69, 9.17) is 0 Å². The Labute approximate surface area is 159 Å². The topological polar surface area (TPSA) is 63.4 Å². The second-order valence-corrected chi connectivity index (χ2v) is 6.93. The first-order valence-corrected chi connectivity index (χ1v) is 7.67. The maximum absolute atomic E-state index is 14.8. The lowest BCUT2D eigenvalue weighted by Gasteiger charge is -2.53. The van der Waals surface area contributed by atoms with Gasteiger partial charge in [0, 0.05) is 18.6 Å². The van der Waals surface area contributed by atoms with Crippen LogP contribution in [0.2, 0.25) is 0 Å². The Kier molecular flexibility index (Phi) is 4.95. The lowest BCUT2D eigenvalue weighted by molar-refractivity contribution is -0.488. The fourth-order valence-corrected chi connectivity index (χ4v) is 3.03. The molecule has 0 heterocycles. The highest BCUT2D eigenvalue weighted by molar-refractivity contribution is 5.36. The van der Waals surface area contributed by atoms with Gasteiger partial charge in [-0.3, -0.25) is 10.1 Å². The lowest BCUT2D eigenvalue weighted by Crippen LogP contribution is -2.84. The molecule has 2 rings (SSSR count). The number of hydrogen-bond acceptors (Lipinski definition) is 3. The smallest absolute Gasteiger partial charge is 0.384 e. The van der Waals surface area contributed by atoms with Gasteiger partial charge >= 0.3 is 29.6 Å².